The molecule has 92 valence electrons. The fraction of sp³-hybridized carbons (Fsp3) is 1.00. The lowest BCUT2D eigenvalue weighted by Crippen LogP contribution is -2.33. The molecular weight excluding hydrogens is 184 g/mol. The normalized spacial score (nSPS) is 13.8. The summed E-state index contributed by atoms with van der Waals surface area (Å²) in [6.07, 6.45) is 6.53. The third kappa shape index (κ3) is 7.80. The quantitative estimate of drug-likeness (QED) is 0.598. The Bertz CT molecular complexity index is 134. The second-order valence-electron chi connectivity index (χ2n) is 5.02. The van der Waals surface area contributed by atoms with Crippen LogP contribution >= 0.6 is 0 Å². The maximum atomic E-state index is 5.46. The molecule has 0 aliphatic rings. The van der Waals surface area contributed by atoms with Crippen molar-refractivity contribution in [3.05, 3.63) is 0 Å². The van der Waals surface area contributed by atoms with Gasteiger partial charge in [0, 0.05) is 6.04 Å². The van der Waals surface area contributed by atoms with Gasteiger partial charge >= 0.3 is 0 Å². The predicted octanol–water partition coefficient (Wildman–Crippen LogP) is 2.87. The summed E-state index contributed by atoms with van der Waals surface area (Å²) in [5, 5.41) is 0. The summed E-state index contributed by atoms with van der Waals surface area (Å²) in [6.45, 7) is 9.00. The molecule has 0 amide bonds. The Morgan fingerprint density at radius 3 is 2.00 bits per heavy atom. The van der Waals surface area contributed by atoms with Gasteiger partial charge in [-0.3, -0.25) is 0 Å². The molecule has 0 saturated carbocycles. The van der Waals surface area contributed by atoms with Gasteiger partial charge in [0.05, 0.1) is 0 Å². The van der Waals surface area contributed by atoms with Crippen molar-refractivity contribution in [1.82, 2.24) is 4.90 Å². The van der Waals surface area contributed by atoms with Gasteiger partial charge in [-0.25, -0.2) is 0 Å². The van der Waals surface area contributed by atoms with E-state index in [1.165, 1.54) is 38.6 Å². The first kappa shape index (κ1) is 14.9. The zero-order valence-corrected chi connectivity index (χ0v) is 11.1. The molecule has 1 atom stereocenters. The third-order valence-corrected chi connectivity index (χ3v) is 3.38. The molecule has 0 bridgehead atoms. The van der Waals surface area contributed by atoms with E-state index >= 15 is 0 Å². The van der Waals surface area contributed by atoms with E-state index in [9.17, 15) is 0 Å². The van der Waals surface area contributed by atoms with Crippen molar-refractivity contribution in [1.29, 1.82) is 0 Å². The van der Waals surface area contributed by atoms with E-state index in [-0.39, 0.29) is 0 Å². The predicted molar refractivity (Wildman–Crippen MR) is 69.1 cm³/mol. The van der Waals surface area contributed by atoms with E-state index in [1.807, 2.05) is 0 Å². The molecule has 0 fully saturated rings. The van der Waals surface area contributed by atoms with Crippen molar-refractivity contribution in [2.24, 2.45) is 11.7 Å². The molecule has 2 heteroatoms. The van der Waals surface area contributed by atoms with Crippen molar-refractivity contribution in [3.8, 4) is 0 Å². The molecule has 2 N–H and O–H groups in total. The van der Waals surface area contributed by atoms with Gasteiger partial charge in [0.25, 0.3) is 0 Å². The van der Waals surface area contributed by atoms with Gasteiger partial charge in [0.15, 0.2) is 0 Å². The van der Waals surface area contributed by atoms with Crippen molar-refractivity contribution in [2.45, 2.75) is 58.9 Å². The molecule has 0 rings (SSSR count). The van der Waals surface area contributed by atoms with Crippen LogP contribution in [0, 0.1) is 5.92 Å². The fourth-order valence-corrected chi connectivity index (χ4v) is 1.75. The van der Waals surface area contributed by atoms with Crippen molar-refractivity contribution in [2.75, 3.05) is 20.1 Å². The number of rotatable bonds is 9. The van der Waals surface area contributed by atoms with Crippen LogP contribution in [0.4, 0.5) is 0 Å². The second kappa shape index (κ2) is 9.17. The van der Waals surface area contributed by atoms with Crippen LogP contribution < -0.4 is 5.73 Å². The van der Waals surface area contributed by atoms with Crippen LogP contribution in [0.25, 0.3) is 0 Å². The molecule has 0 aliphatic heterocycles. The SMILES string of the molecule is CC(C)C(C)N(C)CCCCCCCN. The van der Waals surface area contributed by atoms with E-state index in [1.54, 1.807) is 0 Å². The standard InChI is InChI=1S/C13H30N2/c1-12(2)13(3)15(4)11-9-7-5-6-8-10-14/h12-13H,5-11,14H2,1-4H3. The van der Waals surface area contributed by atoms with Crippen molar-refractivity contribution >= 4 is 0 Å². The van der Waals surface area contributed by atoms with Gasteiger partial charge in [0.2, 0.25) is 0 Å². The molecule has 1 unspecified atom stereocenters. The van der Waals surface area contributed by atoms with Crippen LogP contribution in [0.2, 0.25) is 0 Å². The zero-order chi connectivity index (χ0) is 11.7. The number of hydrogen-bond donors (Lipinski definition) is 1. The smallest absolute Gasteiger partial charge is 0.00868 e. The summed E-state index contributed by atoms with van der Waals surface area (Å²) in [5.74, 6) is 0.757. The van der Waals surface area contributed by atoms with E-state index in [0.717, 1.165) is 12.5 Å². The summed E-state index contributed by atoms with van der Waals surface area (Å²) in [7, 11) is 2.24. The molecule has 0 saturated heterocycles. The second-order valence-corrected chi connectivity index (χ2v) is 5.02. The Balaban J connectivity index is 3.34. The highest BCUT2D eigenvalue weighted by Gasteiger charge is 2.11. The molecule has 2 nitrogen and oxygen atoms in total. The lowest BCUT2D eigenvalue weighted by molar-refractivity contribution is 0.204. The van der Waals surface area contributed by atoms with Gasteiger partial charge in [-0.05, 0) is 45.8 Å². The van der Waals surface area contributed by atoms with Crippen molar-refractivity contribution in [3.63, 3.8) is 0 Å². The van der Waals surface area contributed by atoms with Crippen LogP contribution in [-0.2, 0) is 0 Å². The Morgan fingerprint density at radius 1 is 0.933 bits per heavy atom. The largest absolute Gasteiger partial charge is 0.330 e. The Hall–Kier alpha value is -0.0800. The monoisotopic (exact) mass is 214 g/mol. The lowest BCUT2D eigenvalue weighted by Gasteiger charge is -2.27. The molecule has 0 heterocycles. The number of unbranched alkanes of at least 4 members (excludes halogenated alkanes) is 4. The minimum Gasteiger partial charge on any atom is -0.330 e. The molecule has 0 aromatic carbocycles. The highest BCUT2D eigenvalue weighted by Crippen LogP contribution is 2.10. The molecular formula is C13H30N2. The van der Waals surface area contributed by atoms with E-state index in [2.05, 4.69) is 32.7 Å². The summed E-state index contributed by atoms with van der Waals surface area (Å²) in [6, 6.07) is 0.703. The molecule has 0 aliphatic carbocycles. The maximum Gasteiger partial charge on any atom is 0.00868 e. The Labute approximate surface area is 96.2 Å². The Morgan fingerprint density at radius 2 is 1.47 bits per heavy atom. The summed E-state index contributed by atoms with van der Waals surface area (Å²) in [5.41, 5.74) is 5.46. The third-order valence-electron chi connectivity index (χ3n) is 3.38. The van der Waals surface area contributed by atoms with Gasteiger partial charge < -0.3 is 10.6 Å². The number of nitrogens with zero attached hydrogens (tertiary/aromatic N) is 1. The average Bonchev–Trinajstić information content (AvgIpc) is 2.21. The van der Waals surface area contributed by atoms with Crippen molar-refractivity contribution < 1.29 is 0 Å². The van der Waals surface area contributed by atoms with Crippen LogP contribution in [0.1, 0.15) is 52.9 Å². The molecule has 15 heavy (non-hydrogen) atoms. The molecule has 0 spiro atoms. The van der Waals surface area contributed by atoms with Gasteiger partial charge in [-0.1, -0.05) is 33.1 Å². The van der Waals surface area contributed by atoms with Crippen LogP contribution in [0.3, 0.4) is 0 Å². The first-order chi connectivity index (χ1) is 7.09. The minimum atomic E-state index is 0.703. The summed E-state index contributed by atoms with van der Waals surface area (Å²) < 4.78 is 0. The highest BCUT2D eigenvalue weighted by atomic mass is 15.1. The minimum absolute atomic E-state index is 0.703. The maximum absolute atomic E-state index is 5.46. The fourth-order valence-electron chi connectivity index (χ4n) is 1.75. The summed E-state index contributed by atoms with van der Waals surface area (Å²) in [4.78, 5) is 2.48. The molecule has 0 radical (unpaired) electrons. The van der Waals surface area contributed by atoms with Crippen LogP contribution in [0.15, 0.2) is 0 Å². The lowest BCUT2D eigenvalue weighted by atomic mass is 10.0. The van der Waals surface area contributed by atoms with Gasteiger partial charge in [-0.15, -0.1) is 0 Å². The van der Waals surface area contributed by atoms with Gasteiger partial charge in [0.1, 0.15) is 0 Å². The molecule has 0 aromatic heterocycles. The number of nitrogens with two attached hydrogens (primary N) is 1. The Kier molecular flexibility index (Phi) is 9.12. The van der Waals surface area contributed by atoms with Crippen LogP contribution in [0.5, 0.6) is 0 Å². The number of hydrogen-bond acceptors (Lipinski definition) is 2. The van der Waals surface area contributed by atoms with E-state index in [0.29, 0.717) is 6.04 Å². The summed E-state index contributed by atoms with van der Waals surface area (Å²) >= 11 is 0. The van der Waals surface area contributed by atoms with Crippen LogP contribution in [-0.4, -0.2) is 31.1 Å². The topological polar surface area (TPSA) is 29.3 Å². The first-order valence-electron chi connectivity index (χ1n) is 6.50. The first-order valence-corrected chi connectivity index (χ1v) is 6.50. The zero-order valence-electron chi connectivity index (χ0n) is 11.1. The molecule has 0 aromatic rings. The average molecular weight is 214 g/mol. The van der Waals surface area contributed by atoms with E-state index in [4.69, 9.17) is 5.73 Å². The van der Waals surface area contributed by atoms with E-state index < -0.39 is 0 Å². The van der Waals surface area contributed by atoms with Gasteiger partial charge in [-0.2, -0.15) is 0 Å². The highest BCUT2D eigenvalue weighted by molar-refractivity contribution is 4.66.